The van der Waals surface area contributed by atoms with Crippen molar-refractivity contribution in [2.24, 2.45) is 5.16 Å². The molecule has 2 atom stereocenters. The molecule has 4 heterocycles. The van der Waals surface area contributed by atoms with E-state index in [4.69, 9.17) is 19.7 Å². The molecule has 1 saturated heterocycles. The molecule has 1 fully saturated rings. The number of carbonyl (C=O) groups excluding carboxylic acids is 3. The molecular weight excluding hydrogens is 1080 g/mol. The zero-order chi connectivity index (χ0) is 55.7. The summed E-state index contributed by atoms with van der Waals surface area (Å²) in [7, 11) is 0. The molecule has 2 aromatic heterocycles. The molecule has 14 heteroatoms. The van der Waals surface area contributed by atoms with Crippen LogP contribution in [-0.2, 0) is 35.1 Å². The van der Waals surface area contributed by atoms with Crippen LogP contribution in [0, 0.1) is 0 Å². The number of rotatable bonds is 19. The zero-order valence-electron chi connectivity index (χ0n) is 44.0. The molecule has 82 heavy (non-hydrogen) atoms. The van der Waals surface area contributed by atoms with E-state index >= 15 is 9.59 Å². The van der Waals surface area contributed by atoms with Crippen molar-refractivity contribution >= 4 is 63.5 Å². The van der Waals surface area contributed by atoms with Crippen LogP contribution in [0.25, 0.3) is 0 Å². The summed E-state index contributed by atoms with van der Waals surface area (Å²) in [6.45, 7) is 0. The minimum Gasteiger partial charge on any atom is -0.448 e. The van der Waals surface area contributed by atoms with E-state index in [-0.39, 0.29) is 17.1 Å². The molecule has 2 N–H and O–H groups in total. The standard InChI is InChI=1S/C68H52N6O5S3/c75-62(71-59-63(76)74-60(57(46-80-64(59)74)82-55-41-43-69-44-42-55)65(77)78-61(47-25-9-1-10-26-47)48-27-11-2-12-28-48)58(73-79-68(52-35-19-6-20-36-52,53-37-21-7-22-38-53)54-39-23-8-24-40-54)56-45-81-66(70-56)72-67(49-29-13-3-14-30-49,50-31-15-4-16-32-50)51-33-17-5-18-34-51/h1-45,59,61,64H,46H2,(H,70,72)(H,71,75)/b73-58+/t59-,64-/m1/s1. The van der Waals surface area contributed by atoms with Gasteiger partial charge in [0.25, 0.3) is 11.8 Å². The Morgan fingerprint density at radius 3 is 1.50 bits per heavy atom. The van der Waals surface area contributed by atoms with Gasteiger partial charge < -0.3 is 20.2 Å². The van der Waals surface area contributed by atoms with E-state index in [0.717, 1.165) is 49.4 Å². The maximum atomic E-state index is 15.6. The van der Waals surface area contributed by atoms with Gasteiger partial charge in [-0.25, -0.2) is 9.78 Å². The monoisotopic (exact) mass is 1130 g/mol. The molecule has 0 bridgehead atoms. The maximum Gasteiger partial charge on any atom is 0.356 e. The molecule has 2 aliphatic rings. The van der Waals surface area contributed by atoms with Crippen LogP contribution in [0.5, 0.6) is 0 Å². The Kier molecular flexibility index (Phi) is 15.7. The second-order valence-corrected chi connectivity index (χ2v) is 22.5. The molecule has 0 saturated carbocycles. The molecule has 0 aliphatic carbocycles. The smallest absolute Gasteiger partial charge is 0.356 e. The van der Waals surface area contributed by atoms with Gasteiger partial charge in [0.2, 0.25) is 5.60 Å². The van der Waals surface area contributed by atoms with E-state index in [1.165, 1.54) is 39.8 Å². The van der Waals surface area contributed by atoms with Gasteiger partial charge in [-0.15, -0.1) is 23.1 Å². The highest BCUT2D eigenvalue weighted by atomic mass is 32.2. The summed E-state index contributed by atoms with van der Waals surface area (Å²) in [6.07, 6.45) is 2.58. The van der Waals surface area contributed by atoms with Crippen LogP contribution in [0.15, 0.2) is 293 Å². The van der Waals surface area contributed by atoms with E-state index in [2.05, 4.69) is 52.0 Å². The lowest BCUT2D eigenvalue weighted by Crippen LogP contribution is -2.71. The van der Waals surface area contributed by atoms with Gasteiger partial charge in [0.15, 0.2) is 16.9 Å². The van der Waals surface area contributed by atoms with E-state index < -0.39 is 46.4 Å². The first-order valence-electron chi connectivity index (χ1n) is 26.6. The second kappa shape index (κ2) is 24.2. The lowest BCUT2D eigenvalue weighted by molar-refractivity contribution is -0.154. The first kappa shape index (κ1) is 53.3. The van der Waals surface area contributed by atoms with E-state index in [1.54, 1.807) is 17.8 Å². The largest absolute Gasteiger partial charge is 0.448 e. The molecule has 2 aliphatic heterocycles. The van der Waals surface area contributed by atoms with E-state index in [0.29, 0.717) is 15.8 Å². The number of hydrogen-bond donors (Lipinski definition) is 2. The van der Waals surface area contributed by atoms with Gasteiger partial charge in [0.1, 0.15) is 28.3 Å². The highest BCUT2D eigenvalue weighted by Crippen LogP contribution is 2.47. The van der Waals surface area contributed by atoms with Gasteiger partial charge in [-0.2, -0.15) is 0 Å². The number of pyridine rings is 1. The summed E-state index contributed by atoms with van der Waals surface area (Å²) in [5.74, 6) is -1.54. The number of ether oxygens (including phenoxy) is 1. The number of nitrogens with zero attached hydrogens (tertiary/aromatic N) is 4. The van der Waals surface area contributed by atoms with Crippen molar-refractivity contribution in [1.29, 1.82) is 0 Å². The number of anilines is 1. The fourth-order valence-electron chi connectivity index (χ4n) is 10.5. The fourth-order valence-corrected chi connectivity index (χ4v) is 13.7. The summed E-state index contributed by atoms with van der Waals surface area (Å²) in [4.78, 5) is 64.9. The summed E-state index contributed by atoms with van der Waals surface area (Å²) >= 11 is 4.12. The van der Waals surface area contributed by atoms with E-state index in [1.807, 2.05) is 218 Å². The molecule has 11 nitrogen and oxygen atoms in total. The number of thioether (sulfide) groups is 2. The van der Waals surface area contributed by atoms with Crippen LogP contribution in [0.1, 0.15) is 56.3 Å². The fraction of sp³-hybridized carbons (Fsp3) is 0.0882. The predicted molar refractivity (Wildman–Crippen MR) is 325 cm³/mol. The Morgan fingerprint density at radius 2 is 1.04 bits per heavy atom. The molecule has 0 unspecified atom stereocenters. The van der Waals surface area contributed by atoms with Gasteiger partial charge >= 0.3 is 5.97 Å². The number of fused-ring (bicyclic) bond motifs is 1. The third-order valence-electron chi connectivity index (χ3n) is 14.4. The zero-order valence-corrected chi connectivity index (χ0v) is 46.4. The summed E-state index contributed by atoms with van der Waals surface area (Å²) in [6, 6.07) is 81.4. The van der Waals surface area contributed by atoms with Crippen molar-refractivity contribution in [3.8, 4) is 0 Å². The summed E-state index contributed by atoms with van der Waals surface area (Å²) < 4.78 is 6.48. The van der Waals surface area contributed by atoms with Crippen LogP contribution in [0.3, 0.4) is 0 Å². The van der Waals surface area contributed by atoms with Gasteiger partial charge in [-0.05, 0) is 39.9 Å². The Labute approximate surface area is 487 Å². The number of aromatic nitrogens is 2. The van der Waals surface area contributed by atoms with Crippen molar-refractivity contribution in [1.82, 2.24) is 20.2 Å². The Balaban J connectivity index is 0.938. The number of hydrogen-bond acceptors (Lipinski definition) is 12. The Hall–Kier alpha value is -9.34. The highest BCUT2D eigenvalue weighted by molar-refractivity contribution is 8.06. The third kappa shape index (κ3) is 10.6. The molecular formula is C68H52N6O5S3. The van der Waals surface area contributed by atoms with Crippen LogP contribution in [-0.4, -0.2) is 55.5 Å². The molecule has 8 aromatic carbocycles. The summed E-state index contributed by atoms with van der Waals surface area (Å²) in [5.41, 5.74) is 4.51. The van der Waals surface area contributed by atoms with Gasteiger partial charge in [0, 0.05) is 50.0 Å². The van der Waals surface area contributed by atoms with E-state index in [9.17, 15) is 4.79 Å². The van der Waals surface area contributed by atoms with Crippen molar-refractivity contribution < 1.29 is 24.0 Å². The lowest BCUT2D eigenvalue weighted by atomic mass is 9.77. The molecule has 0 radical (unpaired) electrons. The number of carbonyl (C=O) groups is 3. The van der Waals surface area contributed by atoms with Gasteiger partial charge in [0.05, 0.1) is 0 Å². The first-order chi connectivity index (χ1) is 40.4. The van der Waals surface area contributed by atoms with Crippen LogP contribution in [0.2, 0.25) is 0 Å². The minimum absolute atomic E-state index is 0.113. The number of esters is 1. The Morgan fingerprint density at radius 1 is 0.598 bits per heavy atom. The second-order valence-electron chi connectivity index (χ2n) is 19.3. The molecule has 2 amide bonds. The molecule has 10 aromatic rings. The van der Waals surface area contributed by atoms with Crippen LogP contribution in [0.4, 0.5) is 5.13 Å². The normalized spacial score (nSPS) is 15.3. The SMILES string of the molecule is O=C(OC(c1ccccc1)c1ccccc1)C1=C(Sc2ccncc2)CS[C@@H]2[C@H](NC(=O)/C(=N/OC(c3ccccc3)(c3ccccc3)c3ccccc3)c3csc(NC(c4ccccc4)(c4ccccc4)c4ccccc4)n3)C(=O)N12. The number of benzene rings is 8. The Bertz CT molecular complexity index is 3630. The van der Waals surface area contributed by atoms with Crippen molar-refractivity contribution in [3.05, 3.63) is 333 Å². The van der Waals surface area contributed by atoms with Crippen LogP contribution >= 0.6 is 34.9 Å². The minimum atomic E-state index is -1.38. The molecule has 12 rings (SSSR count). The van der Waals surface area contributed by atoms with Crippen molar-refractivity contribution in [2.75, 3.05) is 11.1 Å². The number of thiazole rings is 1. The number of nitrogens with one attached hydrogen (secondary N) is 2. The first-order valence-corrected chi connectivity index (χ1v) is 29.4. The van der Waals surface area contributed by atoms with Crippen molar-refractivity contribution in [3.63, 3.8) is 0 Å². The predicted octanol–water partition coefficient (Wildman–Crippen LogP) is 13.4. The highest BCUT2D eigenvalue weighted by Gasteiger charge is 2.55. The maximum absolute atomic E-state index is 15.6. The number of oxime groups is 1. The van der Waals surface area contributed by atoms with Gasteiger partial charge in [-0.1, -0.05) is 260 Å². The lowest BCUT2D eigenvalue weighted by Gasteiger charge is -2.49. The molecule has 402 valence electrons. The summed E-state index contributed by atoms with van der Waals surface area (Å²) in [5, 5.41) is 13.4. The average Bonchev–Trinajstić information content (AvgIpc) is 3.28. The van der Waals surface area contributed by atoms with Crippen LogP contribution < -0.4 is 10.6 Å². The number of amides is 2. The topological polar surface area (TPSA) is 135 Å². The van der Waals surface area contributed by atoms with Crippen molar-refractivity contribution in [2.45, 2.75) is 33.6 Å². The average molecular weight is 1130 g/mol. The molecule has 0 spiro atoms. The van der Waals surface area contributed by atoms with Gasteiger partial charge in [-0.3, -0.25) is 19.5 Å². The number of β-lactam (4-membered cyclic amide) rings is 1. The third-order valence-corrected chi connectivity index (χ3v) is 17.7. The quantitative estimate of drug-likeness (QED) is 0.0265.